The zero-order valence-corrected chi connectivity index (χ0v) is 18.0. The molecule has 1 atom stereocenters. The fourth-order valence-electron chi connectivity index (χ4n) is 4.65. The van der Waals surface area contributed by atoms with Crippen molar-refractivity contribution in [2.45, 2.75) is 38.2 Å². The van der Waals surface area contributed by atoms with Crippen LogP contribution in [0.25, 0.3) is 0 Å². The number of anilines is 1. The highest BCUT2D eigenvalue weighted by atomic mass is 16.6. The number of para-hydroxylation sites is 1. The summed E-state index contributed by atoms with van der Waals surface area (Å²) in [6, 6.07) is 13.3. The standard InChI is InChI=1S/C25H28N2O5/c28-24(26-19-6-7-21-22(16-19)31-14-13-30-21)8-5-17-9-11-27(12-10-17)25(29)23-15-18-3-1-2-4-20(18)32-23/h1-4,6-7,16-17,23H,5,8-15H2,(H,26,28)/t23-/m1/s1. The van der Waals surface area contributed by atoms with Crippen LogP contribution in [0, 0.1) is 5.92 Å². The molecule has 3 aliphatic rings. The first-order valence-corrected chi connectivity index (χ1v) is 11.4. The zero-order valence-electron chi connectivity index (χ0n) is 18.0. The van der Waals surface area contributed by atoms with E-state index in [0.29, 0.717) is 43.5 Å². The van der Waals surface area contributed by atoms with Crippen LogP contribution >= 0.6 is 0 Å². The summed E-state index contributed by atoms with van der Waals surface area (Å²) < 4.78 is 16.9. The van der Waals surface area contributed by atoms with Crippen LogP contribution < -0.4 is 19.5 Å². The van der Waals surface area contributed by atoms with Gasteiger partial charge < -0.3 is 24.4 Å². The zero-order chi connectivity index (χ0) is 21.9. The SMILES string of the molecule is O=C(CCC1CCN(C(=O)[C@H]2Cc3ccccc3O2)CC1)Nc1ccc2c(c1)OCCO2. The van der Waals surface area contributed by atoms with Crippen LogP contribution in [0.4, 0.5) is 5.69 Å². The molecule has 0 bridgehead atoms. The third-order valence-corrected chi connectivity index (χ3v) is 6.45. The van der Waals surface area contributed by atoms with E-state index in [1.165, 1.54) is 0 Å². The van der Waals surface area contributed by atoms with Crippen LogP contribution in [0.1, 0.15) is 31.2 Å². The third-order valence-electron chi connectivity index (χ3n) is 6.45. The summed E-state index contributed by atoms with van der Waals surface area (Å²) in [6.07, 6.45) is 3.37. The van der Waals surface area contributed by atoms with Gasteiger partial charge in [-0.3, -0.25) is 9.59 Å². The molecule has 2 amide bonds. The van der Waals surface area contributed by atoms with E-state index in [-0.39, 0.29) is 11.8 Å². The van der Waals surface area contributed by atoms with Crippen molar-refractivity contribution < 1.29 is 23.8 Å². The van der Waals surface area contributed by atoms with Crippen molar-refractivity contribution in [2.24, 2.45) is 5.92 Å². The summed E-state index contributed by atoms with van der Waals surface area (Å²) in [5.41, 5.74) is 1.82. The molecule has 7 heteroatoms. The van der Waals surface area contributed by atoms with Crippen LogP contribution in [0.15, 0.2) is 42.5 Å². The van der Waals surface area contributed by atoms with Gasteiger partial charge in [0.15, 0.2) is 17.6 Å². The van der Waals surface area contributed by atoms with E-state index in [0.717, 1.165) is 49.4 Å². The summed E-state index contributed by atoms with van der Waals surface area (Å²) in [7, 11) is 0. The summed E-state index contributed by atoms with van der Waals surface area (Å²) >= 11 is 0. The Kier molecular flexibility index (Phi) is 5.88. The first-order valence-electron chi connectivity index (χ1n) is 11.4. The minimum absolute atomic E-state index is 0.00250. The molecule has 1 saturated heterocycles. The molecule has 3 aliphatic heterocycles. The van der Waals surface area contributed by atoms with E-state index in [2.05, 4.69) is 5.32 Å². The Morgan fingerprint density at radius 3 is 2.56 bits per heavy atom. The summed E-state index contributed by atoms with van der Waals surface area (Å²) in [5.74, 6) is 2.73. The molecule has 0 radical (unpaired) electrons. The molecular weight excluding hydrogens is 408 g/mol. The molecule has 168 valence electrons. The van der Waals surface area contributed by atoms with Crippen molar-refractivity contribution in [1.82, 2.24) is 4.90 Å². The van der Waals surface area contributed by atoms with Crippen molar-refractivity contribution in [2.75, 3.05) is 31.6 Å². The number of nitrogens with one attached hydrogen (secondary N) is 1. The molecule has 0 spiro atoms. The average Bonchev–Trinajstić information content (AvgIpc) is 3.27. The maximum atomic E-state index is 12.9. The van der Waals surface area contributed by atoms with Crippen molar-refractivity contribution in [3.63, 3.8) is 0 Å². The lowest BCUT2D eigenvalue weighted by atomic mass is 9.91. The van der Waals surface area contributed by atoms with Gasteiger partial charge in [0, 0.05) is 37.7 Å². The van der Waals surface area contributed by atoms with E-state index < -0.39 is 6.10 Å². The predicted octanol–water partition coefficient (Wildman–Crippen LogP) is 3.42. The second-order valence-corrected chi connectivity index (χ2v) is 8.63. The number of rotatable bonds is 5. The van der Waals surface area contributed by atoms with Gasteiger partial charge in [-0.1, -0.05) is 18.2 Å². The molecule has 0 aromatic heterocycles. The maximum Gasteiger partial charge on any atom is 0.263 e. The Balaban J connectivity index is 1.05. The van der Waals surface area contributed by atoms with Gasteiger partial charge in [0.05, 0.1) is 0 Å². The van der Waals surface area contributed by atoms with Crippen LogP contribution in [0.3, 0.4) is 0 Å². The van der Waals surface area contributed by atoms with Crippen LogP contribution in [0.5, 0.6) is 17.2 Å². The molecule has 3 heterocycles. The van der Waals surface area contributed by atoms with Gasteiger partial charge in [0.2, 0.25) is 5.91 Å². The van der Waals surface area contributed by atoms with Gasteiger partial charge in [0.1, 0.15) is 19.0 Å². The Morgan fingerprint density at radius 1 is 0.969 bits per heavy atom. The first kappa shape index (κ1) is 20.7. The molecule has 0 saturated carbocycles. The molecule has 1 N–H and O–H groups in total. The van der Waals surface area contributed by atoms with E-state index in [1.54, 1.807) is 6.07 Å². The van der Waals surface area contributed by atoms with E-state index in [4.69, 9.17) is 14.2 Å². The average molecular weight is 437 g/mol. The van der Waals surface area contributed by atoms with Gasteiger partial charge >= 0.3 is 0 Å². The van der Waals surface area contributed by atoms with Crippen molar-refractivity contribution in [1.29, 1.82) is 0 Å². The number of benzene rings is 2. The third kappa shape index (κ3) is 4.52. The quantitative estimate of drug-likeness (QED) is 0.777. The van der Waals surface area contributed by atoms with Crippen molar-refractivity contribution in [3.8, 4) is 17.2 Å². The second kappa shape index (κ2) is 9.10. The normalized spacial score (nSPS) is 19.8. The predicted molar refractivity (Wildman–Crippen MR) is 119 cm³/mol. The molecule has 1 fully saturated rings. The summed E-state index contributed by atoms with van der Waals surface area (Å²) in [5, 5.41) is 2.95. The Hall–Kier alpha value is -3.22. The highest BCUT2D eigenvalue weighted by Gasteiger charge is 2.34. The Labute approximate surface area is 187 Å². The maximum absolute atomic E-state index is 12.9. The molecule has 0 aliphatic carbocycles. The number of hydrogen-bond donors (Lipinski definition) is 1. The smallest absolute Gasteiger partial charge is 0.263 e. The highest BCUT2D eigenvalue weighted by molar-refractivity contribution is 5.91. The molecule has 2 aromatic carbocycles. The van der Waals surface area contributed by atoms with Gasteiger partial charge in [0.25, 0.3) is 5.91 Å². The number of nitrogens with zero attached hydrogens (tertiary/aromatic N) is 1. The van der Waals surface area contributed by atoms with E-state index in [1.807, 2.05) is 41.3 Å². The number of likely N-dealkylation sites (tertiary alicyclic amines) is 1. The lowest BCUT2D eigenvalue weighted by molar-refractivity contribution is -0.139. The van der Waals surface area contributed by atoms with Crippen LogP contribution in [-0.2, 0) is 16.0 Å². The minimum atomic E-state index is -0.402. The van der Waals surface area contributed by atoms with Gasteiger partial charge in [-0.2, -0.15) is 0 Å². The minimum Gasteiger partial charge on any atom is -0.486 e. The van der Waals surface area contributed by atoms with Crippen LogP contribution in [0.2, 0.25) is 0 Å². The molecule has 32 heavy (non-hydrogen) atoms. The van der Waals surface area contributed by atoms with Crippen molar-refractivity contribution >= 4 is 17.5 Å². The van der Waals surface area contributed by atoms with Gasteiger partial charge in [-0.15, -0.1) is 0 Å². The lowest BCUT2D eigenvalue weighted by Crippen LogP contribution is -2.45. The molecule has 2 aromatic rings. The van der Waals surface area contributed by atoms with E-state index >= 15 is 0 Å². The van der Waals surface area contributed by atoms with Crippen molar-refractivity contribution in [3.05, 3.63) is 48.0 Å². The molecule has 0 unspecified atom stereocenters. The Bertz CT molecular complexity index is 975. The number of ether oxygens (including phenoxy) is 3. The fourth-order valence-corrected chi connectivity index (χ4v) is 4.65. The number of amides is 2. The van der Waals surface area contributed by atoms with E-state index in [9.17, 15) is 9.59 Å². The molecular formula is C25H28N2O5. The summed E-state index contributed by atoms with van der Waals surface area (Å²) in [4.78, 5) is 27.2. The van der Waals surface area contributed by atoms with Gasteiger partial charge in [-0.05, 0) is 48.9 Å². The Morgan fingerprint density at radius 2 is 1.75 bits per heavy atom. The topological polar surface area (TPSA) is 77.1 Å². The number of piperidine rings is 1. The lowest BCUT2D eigenvalue weighted by Gasteiger charge is -2.33. The largest absolute Gasteiger partial charge is 0.486 e. The first-order chi connectivity index (χ1) is 15.7. The van der Waals surface area contributed by atoms with Crippen LogP contribution in [-0.4, -0.2) is 49.1 Å². The van der Waals surface area contributed by atoms with Gasteiger partial charge in [-0.25, -0.2) is 0 Å². The highest BCUT2D eigenvalue weighted by Crippen LogP contribution is 2.33. The summed E-state index contributed by atoms with van der Waals surface area (Å²) in [6.45, 7) is 2.52. The number of carbonyl (C=O) groups is 2. The molecule has 5 rings (SSSR count). The second-order valence-electron chi connectivity index (χ2n) is 8.63. The monoisotopic (exact) mass is 436 g/mol. The number of carbonyl (C=O) groups excluding carboxylic acids is 2. The fraction of sp³-hybridized carbons (Fsp3) is 0.440. The number of hydrogen-bond acceptors (Lipinski definition) is 5. The molecule has 7 nitrogen and oxygen atoms in total. The number of fused-ring (bicyclic) bond motifs is 2.